The molecule has 0 aliphatic carbocycles. The van der Waals surface area contributed by atoms with Gasteiger partial charge in [0, 0.05) is 12.3 Å². The van der Waals surface area contributed by atoms with E-state index in [1.165, 1.54) is 18.3 Å². The van der Waals surface area contributed by atoms with Crippen molar-refractivity contribution in [3.05, 3.63) is 22.8 Å². The molecule has 0 saturated heterocycles. The third-order valence-corrected chi connectivity index (χ3v) is 3.22. The Hall–Kier alpha value is -2.35. The van der Waals surface area contributed by atoms with Crippen molar-refractivity contribution < 1.29 is 9.21 Å². The third kappa shape index (κ3) is 3.35. The van der Waals surface area contributed by atoms with Crippen LogP contribution in [0.4, 0.5) is 5.13 Å². The van der Waals surface area contributed by atoms with Crippen molar-refractivity contribution in [1.82, 2.24) is 10.3 Å². The minimum atomic E-state index is -0.106. The second-order valence-corrected chi connectivity index (χ2v) is 5.02. The highest BCUT2D eigenvalue weighted by molar-refractivity contribution is 7.13. The molecule has 0 aliphatic heterocycles. The van der Waals surface area contributed by atoms with E-state index in [4.69, 9.17) is 15.9 Å². The highest BCUT2D eigenvalue weighted by Gasteiger charge is 2.12. The first-order valence-corrected chi connectivity index (χ1v) is 6.73. The molecule has 106 valence electrons. The minimum Gasteiger partial charge on any atom is -0.457 e. The van der Waals surface area contributed by atoms with Crippen LogP contribution in [0.15, 0.2) is 20.9 Å². The molecule has 0 atom stereocenters. The van der Waals surface area contributed by atoms with E-state index in [-0.39, 0.29) is 11.9 Å². The molecule has 2 aromatic heterocycles. The minimum absolute atomic E-state index is 0.0344. The van der Waals surface area contributed by atoms with Crippen LogP contribution in [-0.4, -0.2) is 16.9 Å². The van der Waals surface area contributed by atoms with Gasteiger partial charge < -0.3 is 21.2 Å². The van der Waals surface area contributed by atoms with Crippen molar-refractivity contribution in [3.8, 4) is 11.5 Å². The second kappa shape index (κ2) is 5.74. The molecule has 0 aliphatic rings. The Morgan fingerprint density at radius 2 is 2.30 bits per heavy atom. The van der Waals surface area contributed by atoms with Gasteiger partial charge in [0.15, 0.2) is 11.7 Å². The fourth-order valence-corrected chi connectivity index (χ4v) is 2.26. The molecule has 0 bridgehead atoms. The molecule has 1 amide bonds. The molecule has 0 saturated carbocycles. The Kier molecular flexibility index (Phi) is 4.04. The average molecular weight is 293 g/mol. The van der Waals surface area contributed by atoms with Crippen molar-refractivity contribution in [2.45, 2.75) is 20.4 Å². The van der Waals surface area contributed by atoms with Crippen LogP contribution >= 0.6 is 11.3 Å². The molecule has 2 aromatic rings. The van der Waals surface area contributed by atoms with E-state index < -0.39 is 0 Å². The number of aromatic nitrogens is 1. The van der Waals surface area contributed by atoms with Crippen LogP contribution in [-0.2, 0) is 11.3 Å². The number of thiazole rings is 1. The lowest BCUT2D eigenvalue weighted by Crippen LogP contribution is -2.21. The molecule has 8 heteroatoms. The number of aliphatic imine (C=N–C) groups is 1. The van der Waals surface area contributed by atoms with Gasteiger partial charge in [0.1, 0.15) is 11.5 Å². The molecule has 5 N–H and O–H groups in total. The van der Waals surface area contributed by atoms with Crippen LogP contribution < -0.4 is 16.8 Å². The molecule has 0 aromatic carbocycles. The van der Waals surface area contributed by atoms with Crippen molar-refractivity contribution in [2.75, 3.05) is 0 Å². The SMILES string of the molecule is CC(=O)NCc1oc(-c2csc(N=C(N)N)n2)cc1C. The first kappa shape index (κ1) is 14.1. The van der Waals surface area contributed by atoms with Gasteiger partial charge in [-0.05, 0) is 18.6 Å². The Labute approximate surface area is 119 Å². The summed E-state index contributed by atoms with van der Waals surface area (Å²) < 4.78 is 5.69. The van der Waals surface area contributed by atoms with Crippen LogP contribution in [0.1, 0.15) is 18.2 Å². The number of hydrogen-bond acceptors (Lipinski definition) is 5. The number of rotatable bonds is 4. The van der Waals surface area contributed by atoms with Gasteiger partial charge >= 0.3 is 0 Å². The number of aryl methyl sites for hydroxylation is 1. The highest BCUT2D eigenvalue weighted by atomic mass is 32.1. The molecule has 2 rings (SSSR count). The van der Waals surface area contributed by atoms with Crippen molar-refractivity contribution in [1.29, 1.82) is 0 Å². The number of amides is 1. The zero-order valence-electron chi connectivity index (χ0n) is 11.1. The molecular weight excluding hydrogens is 278 g/mol. The van der Waals surface area contributed by atoms with Crippen molar-refractivity contribution in [2.24, 2.45) is 16.5 Å². The number of hydrogen-bond donors (Lipinski definition) is 3. The van der Waals surface area contributed by atoms with Gasteiger partial charge in [0.05, 0.1) is 6.54 Å². The van der Waals surface area contributed by atoms with Crippen molar-refractivity contribution in [3.63, 3.8) is 0 Å². The Morgan fingerprint density at radius 1 is 1.55 bits per heavy atom. The zero-order chi connectivity index (χ0) is 14.7. The molecular formula is C12H15N5O2S. The summed E-state index contributed by atoms with van der Waals surface area (Å²) in [5.74, 6) is 1.18. The molecule has 7 nitrogen and oxygen atoms in total. The maximum Gasteiger partial charge on any atom is 0.217 e. The van der Waals surface area contributed by atoms with E-state index in [1.807, 2.05) is 18.4 Å². The molecule has 2 heterocycles. The Morgan fingerprint density at radius 3 is 2.95 bits per heavy atom. The number of carbonyl (C=O) groups excluding carboxylic acids is 1. The largest absolute Gasteiger partial charge is 0.457 e. The van der Waals surface area contributed by atoms with Crippen molar-refractivity contribution >= 4 is 28.3 Å². The topological polar surface area (TPSA) is 120 Å². The number of furan rings is 1. The summed E-state index contributed by atoms with van der Waals surface area (Å²) in [5.41, 5.74) is 12.2. The highest BCUT2D eigenvalue weighted by Crippen LogP contribution is 2.29. The quantitative estimate of drug-likeness (QED) is 0.579. The van der Waals surface area contributed by atoms with E-state index in [1.54, 1.807) is 0 Å². The fraction of sp³-hybridized carbons (Fsp3) is 0.250. The lowest BCUT2D eigenvalue weighted by molar-refractivity contribution is -0.119. The summed E-state index contributed by atoms with van der Waals surface area (Å²) in [6.45, 7) is 3.72. The van der Waals surface area contributed by atoms with Gasteiger partial charge in [-0.25, -0.2) is 4.98 Å². The monoisotopic (exact) mass is 293 g/mol. The van der Waals surface area contributed by atoms with Gasteiger partial charge in [-0.1, -0.05) is 0 Å². The van der Waals surface area contributed by atoms with Gasteiger partial charge in [-0.2, -0.15) is 4.99 Å². The lowest BCUT2D eigenvalue weighted by Gasteiger charge is -1.99. The first-order chi connectivity index (χ1) is 9.45. The zero-order valence-corrected chi connectivity index (χ0v) is 12.0. The normalized spacial score (nSPS) is 10.3. The number of guanidine groups is 1. The summed E-state index contributed by atoms with van der Waals surface area (Å²) in [4.78, 5) is 19.0. The predicted molar refractivity (Wildman–Crippen MR) is 77.5 cm³/mol. The van der Waals surface area contributed by atoms with E-state index in [9.17, 15) is 4.79 Å². The van der Waals surface area contributed by atoms with Crippen LogP contribution in [0.3, 0.4) is 0 Å². The lowest BCUT2D eigenvalue weighted by atomic mass is 10.2. The molecule has 0 unspecified atom stereocenters. The van der Waals surface area contributed by atoms with E-state index in [0.29, 0.717) is 28.9 Å². The standard InChI is InChI=1S/C12H15N5O2S/c1-6-3-9(19-10(6)4-15-7(2)18)8-5-20-12(16-8)17-11(13)14/h3,5H,4H2,1-2H3,(H,15,18)(H4,13,14,16,17). The summed E-state index contributed by atoms with van der Waals surface area (Å²) in [5, 5.41) is 4.97. The maximum absolute atomic E-state index is 10.9. The molecule has 20 heavy (non-hydrogen) atoms. The summed E-state index contributed by atoms with van der Waals surface area (Å²) >= 11 is 1.32. The Bertz CT molecular complexity index is 655. The second-order valence-electron chi connectivity index (χ2n) is 4.18. The molecule has 0 radical (unpaired) electrons. The van der Waals surface area contributed by atoms with E-state index in [0.717, 1.165) is 5.56 Å². The van der Waals surface area contributed by atoms with Crippen LogP contribution in [0.5, 0.6) is 0 Å². The molecule has 0 spiro atoms. The first-order valence-electron chi connectivity index (χ1n) is 5.85. The maximum atomic E-state index is 10.9. The Balaban J connectivity index is 2.21. The number of nitrogens with one attached hydrogen (secondary N) is 1. The van der Waals surface area contributed by atoms with Gasteiger partial charge in [-0.3, -0.25) is 4.79 Å². The van der Waals surface area contributed by atoms with E-state index in [2.05, 4.69) is 15.3 Å². The number of carbonyl (C=O) groups is 1. The van der Waals surface area contributed by atoms with Gasteiger partial charge in [-0.15, -0.1) is 11.3 Å². The van der Waals surface area contributed by atoms with E-state index >= 15 is 0 Å². The average Bonchev–Trinajstić information content (AvgIpc) is 2.93. The summed E-state index contributed by atoms with van der Waals surface area (Å²) in [7, 11) is 0. The summed E-state index contributed by atoms with van der Waals surface area (Å²) in [6, 6.07) is 1.87. The van der Waals surface area contributed by atoms with Gasteiger partial charge in [0.25, 0.3) is 0 Å². The third-order valence-electron chi connectivity index (χ3n) is 2.49. The van der Waals surface area contributed by atoms with Crippen LogP contribution in [0, 0.1) is 6.92 Å². The van der Waals surface area contributed by atoms with Gasteiger partial charge in [0.2, 0.25) is 11.0 Å². The van der Waals surface area contributed by atoms with Crippen LogP contribution in [0.25, 0.3) is 11.5 Å². The molecule has 0 fully saturated rings. The number of nitrogens with zero attached hydrogens (tertiary/aromatic N) is 2. The smallest absolute Gasteiger partial charge is 0.217 e. The number of nitrogens with two attached hydrogens (primary N) is 2. The predicted octanol–water partition coefficient (Wildman–Crippen LogP) is 1.25. The fourth-order valence-electron chi connectivity index (χ4n) is 1.57. The van der Waals surface area contributed by atoms with Crippen LogP contribution in [0.2, 0.25) is 0 Å². The summed E-state index contributed by atoms with van der Waals surface area (Å²) in [6.07, 6.45) is 0.